The van der Waals surface area contributed by atoms with Crippen molar-refractivity contribution in [2.24, 2.45) is 0 Å². The standard InChI is InChI=1S/C18H21FN4O/c1-2-15(12-24)22-18(9-3-4-10-20-18)16-11-21-23-17(16)13-5-7-14(19)8-6-13/h3-11,15,20,22,24H,2,12H2,1H3,(H,21,23). The van der Waals surface area contributed by atoms with Crippen LogP contribution in [0, 0.1) is 5.82 Å². The molecule has 2 heterocycles. The molecule has 0 amide bonds. The fraction of sp³-hybridized carbons (Fsp3) is 0.278. The van der Waals surface area contributed by atoms with Gasteiger partial charge in [-0.2, -0.15) is 5.10 Å². The molecule has 1 aliphatic heterocycles. The van der Waals surface area contributed by atoms with Crippen LogP contribution in [0.3, 0.4) is 0 Å². The smallest absolute Gasteiger partial charge is 0.138 e. The Hall–Kier alpha value is -2.44. The maximum absolute atomic E-state index is 13.2. The second-order valence-corrected chi connectivity index (χ2v) is 5.77. The van der Waals surface area contributed by atoms with Crippen molar-refractivity contribution in [3.63, 3.8) is 0 Å². The second kappa shape index (κ2) is 6.98. The van der Waals surface area contributed by atoms with E-state index >= 15 is 0 Å². The number of hydrogen-bond acceptors (Lipinski definition) is 4. The van der Waals surface area contributed by atoms with Crippen LogP contribution in [0.5, 0.6) is 0 Å². The molecular weight excluding hydrogens is 307 g/mol. The van der Waals surface area contributed by atoms with Gasteiger partial charge >= 0.3 is 0 Å². The van der Waals surface area contributed by atoms with Gasteiger partial charge in [-0.05, 0) is 49.0 Å². The minimum Gasteiger partial charge on any atom is -0.395 e. The third kappa shape index (κ3) is 3.11. The number of allylic oxidation sites excluding steroid dienone is 2. The highest BCUT2D eigenvalue weighted by atomic mass is 19.1. The molecule has 0 fully saturated rings. The molecular formula is C18H21FN4O. The molecule has 0 radical (unpaired) electrons. The topological polar surface area (TPSA) is 73.0 Å². The van der Waals surface area contributed by atoms with Gasteiger partial charge < -0.3 is 10.4 Å². The van der Waals surface area contributed by atoms with Gasteiger partial charge in [0.05, 0.1) is 18.5 Å². The zero-order valence-corrected chi connectivity index (χ0v) is 13.5. The first-order valence-electron chi connectivity index (χ1n) is 7.99. The molecule has 2 atom stereocenters. The Kier molecular flexibility index (Phi) is 4.78. The number of H-pyrrole nitrogens is 1. The number of hydrogen-bond donors (Lipinski definition) is 4. The molecule has 126 valence electrons. The number of rotatable bonds is 6. The van der Waals surface area contributed by atoms with Crippen molar-refractivity contribution in [3.8, 4) is 11.3 Å². The molecule has 2 unspecified atom stereocenters. The molecule has 1 aliphatic rings. The molecule has 4 N–H and O–H groups in total. The summed E-state index contributed by atoms with van der Waals surface area (Å²) in [6, 6.07) is 6.20. The molecule has 1 aromatic heterocycles. The lowest BCUT2D eigenvalue weighted by Gasteiger charge is -2.37. The van der Waals surface area contributed by atoms with Gasteiger partial charge in [0, 0.05) is 17.2 Å². The predicted octanol–water partition coefficient (Wildman–Crippen LogP) is 2.40. The highest BCUT2D eigenvalue weighted by Crippen LogP contribution is 2.31. The molecule has 5 nitrogen and oxygen atoms in total. The molecule has 0 spiro atoms. The predicted molar refractivity (Wildman–Crippen MR) is 91.4 cm³/mol. The van der Waals surface area contributed by atoms with Crippen LogP contribution >= 0.6 is 0 Å². The Labute approximate surface area is 140 Å². The van der Waals surface area contributed by atoms with E-state index in [1.807, 2.05) is 31.4 Å². The first-order valence-corrected chi connectivity index (χ1v) is 7.99. The van der Waals surface area contributed by atoms with Crippen molar-refractivity contribution < 1.29 is 9.50 Å². The quantitative estimate of drug-likeness (QED) is 0.657. The summed E-state index contributed by atoms with van der Waals surface area (Å²) in [5, 5.41) is 23.6. The van der Waals surface area contributed by atoms with E-state index in [4.69, 9.17) is 0 Å². The van der Waals surface area contributed by atoms with E-state index in [1.54, 1.807) is 18.3 Å². The number of aromatic amines is 1. The van der Waals surface area contributed by atoms with Crippen molar-refractivity contribution >= 4 is 0 Å². The zero-order chi connectivity index (χ0) is 17.0. The Bertz CT molecular complexity index is 734. The minimum atomic E-state index is -0.700. The summed E-state index contributed by atoms with van der Waals surface area (Å²) in [5.41, 5.74) is 1.81. The van der Waals surface area contributed by atoms with E-state index in [0.717, 1.165) is 23.2 Å². The number of aliphatic hydroxyl groups excluding tert-OH is 1. The van der Waals surface area contributed by atoms with Crippen LogP contribution in [0.25, 0.3) is 11.3 Å². The van der Waals surface area contributed by atoms with Gasteiger partial charge in [0.25, 0.3) is 0 Å². The minimum absolute atomic E-state index is 0.0290. The molecule has 0 saturated carbocycles. The van der Waals surface area contributed by atoms with E-state index in [9.17, 15) is 9.50 Å². The van der Waals surface area contributed by atoms with Crippen LogP contribution in [0.4, 0.5) is 4.39 Å². The average molecular weight is 328 g/mol. The van der Waals surface area contributed by atoms with Crippen molar-refractivity contribution in [1.29, 1.82) is 0 Å². The first-order chi connectivity index (χ1) is 11.7. The maximum atomic E-state index is 13.2. The Morgan fingerprint density at radius 2 is 2.08 bits per heavy atom. The van der Waals surface area contributed by atoms with Gasteiger partial charge in [0.2, 0.25) is 0 Å². The first kappa shape index (κ1) is 16.4. The van der Waals surface area contributed by atoms with Crippen LogP contribution in [-0.2, 0) is 5.66 Å². The fourth-order valence-corrected chi connectivity index (χ4v) is 2.84. The van der Waals surface area contributed by atoms with Crippen molar-refractivity contribution in [2.45, 2.75) is 25.0 Å². The summed E-state index contributed by atoms with van der Waals surface area (Å²) in [5.74, 6) is -0.280. The molecule has 1 aromatic carbocycles. The third-order valence-corrected chi connectivity index (χ3v) is 4.21. The van der Waals surface area contributed by atoms with Crippen LogP contribution in [-0.4, -0.2) is 28.0 Å². The summed E-state index contributed by atoms with van der Waals surface area (Å²) < 4.78 is 13.2. The molecule has 3 rings (SSSR count). The zero-order valence-electron chi connectivity index (χ0n) is 13.5. The van der Waals surface area contributed by atoms with Crippen LogP contribution in [0.2, 0.25) is 0 Å². The number of nitrogens with zero attached hydrogens (tertiary/aromatic N) is 1. The highest BCUT2D eigenvalue weighted by molar-refractivity contribution is 5.65. The van der Waals surface area contributed by atoms with Gasteiger partial charge in [-0.1, -0.05) is 13.0 Å². The number of aromatic nitrogens is 2. The van der Waals surface area contributed by atoms with Gasteiger partial charge in [0.15, 0.2) is 0 Å². The van der Waals surface area contributed by atoms with Crippen LogP contribution in [0.1, 0.15) is 18.9 Å². The molecule has 6 heteroatoms. The van der Waals surface area contributed by atoms with E-state index in [1.165, 1.54) is 12.1 Å². The van der Waals surface area contributed by atoms with Gasteiger partial charge in [-0.3, -0.25) is 10.4 Å². The van der Waals surface area contributed by atoms with Crippen molar-refractivity contribution in [3.05, 3.63) is 66.3 Å². The molecule has 24 heavy (non-hydrogen) atoms. The fourth-order valence-electron chi connectivity index (χ4n) is 2.84. The number of benzene rings is 1. The highest BCUT2D eigenvalue weighted by Gasteiger charge is 2.34. The molecule has 0 aliphatic carbocycles. The van der Waals surface area contributed by atoms with E-state index < -0.39 is 5.66 Å². The number of nitrogens with one attached hydrogen (secondary N) is 3. The largest absolute Gasteiger partial charge is 0.395 e. The monoisotopic (exact) mass is 328 g/mol. The second-order valence-electron chi connectivity index (χ2n) is 5.77. The summed E-state index contributed by atoms with van der Waals surface area (Å²) in [6.45, 7) is 2.04. The summed E-state index contributed by atoms with van der Waals surface area (Å²) in [4.78, 5) is 0. The maximum Gasteiger partial charge on any atom is 0.138 e. The van der Waals surface area contributed by atoms with Gasteiger partial charge in [0.1, 0.15) is 11.5 Å². The summed E-state index contributed by atoms with van der Waals surface area (Å²) in [7, 11) is 0. The lowest BCUT2D eigenvalue weighted by molar-refractivity contribution is 0.201. The Balaban J connectivity index is 2.03. The van der Waals surface area contributed by atoms with E-state index in [-0.39, 0.29) is 18.5 Å². The SMILES string of the molecule is CCC(CO)NC1(c2cn[nH]c2-c2ccc(F)cc2)C=CC=CN1. The molecule has 0 bridgehead atoms. The van der Waals surface area contributed by atoms with Gasteiger partial charge in [-0.25, -0.2) is 4.39 Å². The lowest BCUT2D eigenvalue weighted by Crippen LogP contribution is -2.56. The third-order valence-electron chi connectivity index (χ3n) is 4.21. The van der Waals surface area contributed by atoms with Crippen molar-refractivity contribution in [2.75, 3.05) is 6.61 Å². The average Bonchev–Trinajstić information content (AvgIpc) is 3.11. The Morgan fingerprint density at radius 3 is 2.71 bits per heavy atom. The number of dihydropyridines is 1. The van der Waals surface area contributed by atoms with Crippen molar-refractivity contribution in [1.82, 2.24) is 20.8 Å². The Morgan fingerprint density at radius 1 is 1.29 bits per heavy atom. The number of aliphatic hydroxyl groups is 1. The molecule has 2 aromatic rings. The van der Waals surface area contributed by atoms with E-state index in [2.05, 4.69) is 20.8 Å². The lowest BCUT2D eigenvalue weighted by atomic mass is 9.93. The van der Waals surface area contributed by atoms with Gasteiger partial charge in [-0.15, -0.1) is 0 Å². The van der Waals surface area contributed by atoms with Crippen LogP contribution < -0.4 is 10.6 Å². The van der Waals surface area contributed by atoms with Crippen LogP contribution in [0.15, 0.2) is 54.9 Å². The number of halogens is 1. The normalized spacial score (nSPS) is 20.8. The molecule has 0 saturated heterocycles. The van der Waals surface area contributed by atoms with E-state index in [0.29, 0.717) is 0 Å². The summed E-state index contributed by atoms with van der Waals surface area (Å²) in [6.07, 6.45) is 10.2. The summed E-state index contributed by atoms with van der Waals surface area (Å²) >= 11 is 0.